The molecule has 1 aromatic carbocycles. The lowest BCUT2D eigenvalue weighted by atomic mass is 10.2. The molecule has 4 rings (SSSR count). The van der Waals surface area contributed by atoms with Crippen LogP contribution < -0.4 is 5.32 Å². The zero-order valence-electron chi connectivity index (χ0n) is 19.1. The normalized spacial score (nSPS) is 20.8. The van der Waals surface area contributed by atoms with Crippen molar-refractivity contribution in [3.05, 3.63) is 35.1 Å². The highest BCUT2D eigenvalue weighted by Crippen LogP contribution is 2.33. The highest BCUT2D eigenvalue weighted by atomic mass is 79.9. The predicted octanol–water partition coefficient (Wildman–Crippen LogP) is 6.34. The second-order valence-corrected chi connectivity index (χ2v) is 12.0. The maximum atomic E-state index is 11.6. The molecule has 2 saturated heterocycles. The second-order valence-electron chi connectivity index (χ2n) is 9.41. The van der Waals surface area contributed by atoms with E-state index in [4.69, 9.17) is 4.74 Å². The molecular formula is C24H33Br2N3O2S. The first kappa shape index (κ1) is 25.8. The molecule has 2 atom stereocenters. The lowest BCUT2D eigenvalue weighted by molar-refractivity contribution is 0.0289. The van der Waals surface area contributed by atoms with Crippen LogP contribution in [0.5, 0.6) is 0 Å². The van der Waals surface area contributed by atoms with Gasteiger partial charge in [0.1, 0.15) is 5.60 Å². The highest BCUT2D eigenvalue weighted by Gasteiger charge is 2.28. The van der Waals surface area contributed by atoms with Crippen molar-refractivity contribution in [1.29, 1.82) is 0 Å². The standard InChI is InChI=1S/C14H15BrN2S.C10H18BrNO2/c15-13-5-12-8-17-4-2-11(12)6-14(13)18-9-10-1-3-16-7-10;1-10(2,3)14-9(13)12-5-4-8(6-11)7-12/h2,4-6,8,10,16H,1,3,7,9H2;8H,4-7H2,1-3H3. The molecule has 5 nitrogen and oxygen atoms in total. The Kier molecular flexibility index (Phi) is 9.70. The lowest BCUT2D eigenvalue weighted by Gasteiger charge is -2.24. The molecule has 0 bridgehead atoms. The van der Waals surface area contributed by atoms with Gasteiger partial charge in [0, 0.05) is 51.3 Å². The highest BCUT2D eigenvalue weighted by molar-refractivity contribution is 9.10. The van der Waals surface area contributed by atoms with Gasteiger partial charge in [-0.2, -0.15) is 0 Å². The number of hydrogen-bond donors (Lipinski definition) is 1. The molecule has 2 aliphatic heterocycles. The number of nitrogens with zero attached hydrogens (tertiary/aromatic N) is 2. The molecule has 2 aromatic rings. The summed E-state index contributed by atoms with van der Waals surface area (Å²) in [4.78, 5) is 18.9. The van der Waals surface area contributed by atoms with Gasteiger partial charge in [-0.25, -0.2) is 4.79 Å². The summed E-state index contributed by atoms with van der Waals surface area (Å²) in [5.74, 6) is 2.60. The fourth-order valence-electron chi connectivity index (χ4n) is 3.71. The number of hydrogen-bond acceptors (Lipinski definition) is 5. The molecule has 176 valence electrons. The minimum Gasteiger partial charge on any atom is -0.444 e. The van der Waals surface area contributed by atoms with Gasteiger partial charge >= 0.3 is 6.09 Å². The largest absolute Gasteiger partial charge is 0.444 e. The van der Waals surface area contributed by atoms with Gasteiger partial charge in [-0.3, -0.25) is 4.98 Å². The van der Waals surface area contributed by atoms with Crippen LogP contribution in [-0.2, 0) is 4.74 Å². The number of carbonyl (C=O) groups is 1. The third-order valence-electron chi connectivity index (χ3n) is 5.48. The first-order valence-electron chi connectivity index (χ1n) is 11.2. The Morgan fingerprint density at radius 3 is 2.75 bits per heavy atom. The molecule has 2 fully saturated rings. The molecule has 2 aliphatic rings. The zero-order chi connectivity index (χ0) is 23.1. The number of alkyl halides is 1. The quantitative estimate of drug-likeness (QED) is 0.335. The number of rotatable bonds is 4. The van der Waals surface area contributed by atoms with E-state index in [0.717, 1.165) is 30.8 Å². The number of amides is 1. The van der Waals surface area contributed by atoms with E-state index in [1.165, 1.54) is 45.4 Å². The number of fused-ring (bicyclic) bond motifs is 1. The number of halogens is 2. The van der Waals surface area contributed by atoms with Crippen LogP contribution in [0.25, 0.3) is 10.8 Å². The Morgan fingerprint density at radius 2 is 2.09 bits per heavy atom. The van der Waals surface area contributed by atoms with Gasteiger partial charge < -0.3 is 15.0 Å². The van der Waals surface area contributed by atoms with E-state index in [9.17, 15) is 4.79 Å². The third-order valence-corrected chi connectivity index (χ3v) is 8.61. The fourth-order valence-corrected chi connectivity index (χ4v) is 6.05. The van der Waals surface area contributed by atoms with E-state index in [1.54, 1.807) is 4.90 Å². The lowest BCUT2D eigenvalue weighted by Crippen LogP contribution is -2.35. The summed E-state index contributed by atoms with van der Waals surface area (Å²) in [7, 11) is 0. The van der Waals surface area contributed by atoms with Gasteiger partial charge in [0.15, 0.2) is 0 Å². The maximum absolute atomic E-state index is 11.6. The van der Waals surface area contributed by atoms with Crippen LogP contribution >= 0.6 is 43.6 Å². The van der Waals surface area contributed by atoms with E-state index >= 15 is 0 Å². The Morgan fingerprint density at radius 1 is 1.28 bits per heavy atom. The van der Waals surface area contributed by atoms with E-state index in [-0.39, 0.29) is 11.7 Å². The van der Waals surface area contributed by atoms with Gasteiger partial charge in [-0.05, 0) is 98.1 Å². The van der Waals surface area contributed by atoms with Gasteiger partial charge in [-0.1, -0.05) is 15.9 Å². The van der Waals surface area contributed by atoms with E-state index in [0.29, 0.717) is 5.92 Å². The van der Waals surface area contributed by atoms with Crippen molar-refractivity contribution in [2.45, 2.75) is 44.1 Å². The molecule has 0 saturated carbocycles. The molecule has 1 N–H and O–H groups in total. The topological polar surface area (TPSA) is 54.5 Å². The molecule has 1 aromatic heterocycles. The summed E-state index contributed by atoms with van der Waals surface area (Å²) in [5, 5.41) is 6.84. The van der Waals surface area contributed by atoms with Crippen molar-refractivity contribution in [1.82, 2.24) is 15.2 Å². The molecule has 3 heterocycles. The minimum absolute atomic E-state index is 0.180. The number of thioether (sulfide) groups is 1. The molecule has 8 heteroatoms. The van der Waals surface area contributed by atoms with E-state index < -0.39 is 0 Å². The zero-order valence-corrected chi connectivity index (χ0v) is 23.1. The Balaban J connectivity index is 0.000000188. The first-order valence-corrected chi connectivity index (χ1v) is 14.1. The van der Waals surface area contributed by atoms with Crippen LogP contribution in [0.4, 0.5) is 4.79 Å². The summed E-state index contributed by atoms with van der Waals surface area (Å²) in [6.07, 6.45) is 5.97. The van der Waals surface area contributed by atoms with Crippen LogP contribution in [0.1, 0.15) is 33.6 Å². The van der Waals surface area contributed by atoms with Gasteiger partial charge in [0.2, 0.25) is 0 Å². The molecule has 0 radical (unpaired) electrons. The van der Waals surface area contributed by atoms with Crippen LogP contribution in [0, 0.1) is 11.8 Å². The number of benzene rings is 1. The third kappa shape index (κ3) is 7.89. The summed E-state index contributed by atoms with van der Waals surface area (Å²) >= 11 is 9.05. The number of likely N-dealkylation sites (tertiary alicyclic amines) is 1. The Bertz CT molecular complexity index is 900. The van der Waals surface area contributed by atoms with Crippen molar-refractivity contribution in [3.8, 4) is 0 Å². The van der Waals surface area contributed by atoms with Crippen molar-refractivity contribution in [3.63, 3.8) is 0 Å². The average Bonchev–Trinajstić information content (AvgIpc) is 3.43. The molecule has 32 heavy (non-hydrogen) atoms. The van der Waals surface area contributed by atoms with Crippen molar-refractivity contribution < 1.29 is 9.53 Å². The molecule has 0 aliphatic carbocycles. The number of aromatic nitrogens is 1. The number of pyridine rings is 1. The Labute approximate surface area is 212 Å². The second kappa shape index (κ2) is 12.0. The van der Waals surface area contributed by atoms with Crippen molar-refractivity contribution in [2.75, 3.05) is 37.3 Å². The fraction of sp³-hybridized carbons (Fsp3) is 0.583. The summed E-state index contributed by atoms with van der Waals surface area (Å²) < 4.78 is 6.47. The summed E-state index contributed by atoms with van der Waals surface area (Å²) in [6, 6.07) is 6.49. The smallest absolute Gasteiger partial charge is 0.410 e. The van der Waals surface area contributed by atoms with Crippen LogP contribution in [0.2, 0.25) is 0 Å². The van der Waals surface area contributed by atoms with Crippen molar-refractivity contribution >= 4 is 60.5 Å². The number of ether oxygens (including phenoxy) is 1. The van der Waals surface area contributed by atoms with Crippen LogP contribution in [0.15, 0.2) is 40.0 Å². The molecule has 1 amide bonds. The number of nitrogens with one attached hydrogen (secondary N) is 1. The maximum Gasteiger partial charge on any atom is 0.410 e. The monoisotopic (exact) mass is 585 g/mol. The molecule has 2 unspecified atom stereocenters. The van der Waals surface area contributed by atoms with Crippen molar-refractivity contribution in [2.24, 2.45) is 11.8 Å². The SMILES string of the molecule is Brc1cc2cnccc2cc1SCC1CCNC1.CC(C)(C)OC(=O)N1CCC(CBr)C1. The van der Waals surface area contributed by atoms with Crippen LogP contribution in [0.3, 0.4) is 0 Å². The van der Waals surface area contributed by atoms with E-state index in [1.807, 2.05) is 44.9 Å². The van der Waals surface area contributed by atoms with E-state index in [2.05, 4.69) is 60.4 Å². The average molecular weight is 587 g/mol. The molecular weight excluding hydrogens is 554 g/mol. The van der Waals surface area contributed by atoms with Gasteiger partial charge in [-0.15, -0.1) is 11.8 Å². The first-order chi connectivity index (χ1) is 15.2. The minimum atomic E-state index is -0.385. The Hall–Kier alpha value is -0.830. The van der Waals surface area contributed by atoms with Crippen LogP contribution in [-0.4, -0.2) is 58.8 Å². The number of carbonyl (C=O) groups excluding carboxylic acids is 1. The summed E-state index contributed by atoms with van der Waals surface area (Å²) in [6.45, 7) is 9.66. The van der Waals surface area contributed by atoms with Gasteiger partial charge in [0.25, 0.3) is 0 Å². The van der Waals surface area contributed by atoms with Gasteiger partial charge in [0.05, 0.1) is 0 Å². The summed E-state index contributed by atoms with van der Waals surface area (Å²) in [5.41, 5.74) is -0.385. The molecule has 0 spiro atoms. The predicted molar refractivity (Wildman–Crippen MR) is 141 cm³/mol.